The highest BCUT2D eigenvalue weighted by Gasteiger charge is 2.52. The summed E-state index contributed by atoms with van der Waals surface area (Å²) in [6, 6.07) is 0. The Bertz CT molecular complexity index is 3180. The molecule has 0 radical (unpaired) electrons. The van der Waals surface area contributed by atoms with E-state index >= 15 is 0 Å². The molecule has 6 aromatic rings. The van der Waals surface area contributed by atoms with Crippen molar-refractivity contribution in [3.8, 4) is 0 Å². The molecule has 0 aliphatic carbocycles. The normalized spacial score (nSPS) is 31.1. The van der Waals surface area contributed by atoms with Gasteiger partial charge >= 0.3 is 0 Å². The lowest BCUT2D eigenvalue weighted by molar-refractivity contribution is -0.240. The Labute approximate surface area is 381 Å². The van der Waals surface area contributed by atoms with E-state index in [0.717, 1.165) is 54.2 Å². The van der Waals surface area contributed by atoms with E-state index in [0.29, 0.717) is 0 Å². The Morgan fingerprint density at radius 3 is 1.20 bits per heavy atom. The molecule has 0 aromatic carbocycles. The van der Waals surface area contributed by atoms with Crippen LogP contribution in [0.1, 0.15) is 18.7 Å². The first kappa shape index (κ1) is 49.1. The number of imidazole rings is 3. The molecule has 9 rings (SSSR count). The number of hydrogen-bond donors (Lipinski definition) is 6. The Kier molecular flexibility index (Phi) is 13.5. The number of fused-ring (bicyclic) bond motifs is 3. The molecule has 3 aliphatic heterocycles. The summed E-state index contributed by atoms with van der Waals surface area (Å²) in [6.45, 7) is -3.12. The van der Waals surface area contributed by atoms with Gasteiger partial charge < -0.3 is 91.0 Å². The zero-order valence-electron chi connectivity index (χ0n) is 35.0. The summed E-state index contributed by atoms with van der Waals surface area (Å²) in [5.74, 6) is 0. The zero-order valence-corrected chi connectivity index (χ0v) is 37.7. The highest BCUT2D eigenvalue weighted by atomic mass is 31.2. The van der Waals surface area contributed by atoms with Crippen molar-refractivity contribution in [2.75, 3.05) is 34.0 Å². The van der Waals surface area contributed by atoms with Crippen LogP contribution in [0.5, 0.6) is 0 Å². The fraction of sp³-hybridized carbons (Fsp3) is 0.531. The summed E-state index contributed by atoms with van der Waals surface area (Å²) < 4.78 is 95.1. The molecule has 6 unspecified atom stereocenters. The maximum Gasteiger partial charge on any atom is 0.278 e. The predicted octanol–water partition coefficient (Wildman–Crippen LogP) is -4.95. The molecule has 34 nitrogen and oxygen atoms in total. The Morgan fingerprint density at radius 2 is 0.870 bits per heavy atom. The molecule has 6 N–H and O–H groups in total. The number of nitrogens with zero attached hydrogens (tertiary/aromatic N) is 9. The average molecular weight is 1030 g/mol. The number of nitrogens with one attached hydrogen (secondary N) is 3. The second-order valence-electron chi connectivity index (χ2n) is 15.1. The van der Waals surface area contributed by atoms with Crippen molar-refractivity contribution in [3.63, 3.8) is 0 Å². The first-order chi connectivity index (χ1) is 32.8. The number of hydrogen-bond acceptors (Lipinski definition) is 28. The van der Waals surface area contributed by atoms with Gasteiger partial charge in [-0.2, -0.15) is 0 Å². The van der Waals surface area contributed by atoms with Crippen LogP contribution in [0.4, 0.5) is 0 Å². The lowest BCUT2D eigenvalue weighted by atomic mass is 10.1. The number of phosphoric acid groups is 3. The molecule has 3 fully saturated rings. The lowest BCUT2D eigenvalue weighted by Gasteiger charge is -2.33. The van der Waals surface area contributed by atoms with Gasteiger partial charge in [0.25, 0.3) is 40.1 Å². The third-order valence-corrected chi connectivity index (χ3v) is 13.9. The van der Waals surface area contributed by atoms with Crippen LogP contribution in [0.15, 0.2) is 52.3 Å². The summed E-state index contributed by atoms with van der Waals surface area (Å²) in [5, 5.41) is 34.1. The van der Waals surface area contributed by atoms with Crippen LogP contribution in [-0.4, -0.2) is 163 Å². The fourth-order valence-corrected chi connectivity index (χ4v) is 10.2. The van der Waals surface area contributed by atoms with Gasteiger partial charge in [-0.15, -0.1) is 0 Å². The summed E-state index contributed by atoms with van der Waals surface area (Å²) in [5.41, 5.74) is -2.84. The highest BCUT2D eigenvalue weighted by Crippen LogP contribution is 2.50. The molecule has 0 saturated carbocycles. The van der Waals surface area contributed by atoms with Gasteiger partial charge in [-0.1, -0.05) is 0 Å². The summed E-state index contributed by atoms with van der Waals surface area (Å²) in [7, 11) is -14.5. The highest BCUT2D eigenvalue weighted by molar-refractivity contribution is 7.46. The summed E-state index contributed by atoms with van der Waals surface area (Å²) >= 11 is 0. The van der Waals surface area contributed by atoms with Crippen LogP contribution in [0.2, 0.25) is 0 Å². The van der Waals surface area contributed by atoms with Crippen molar-refractivity contribution in [2.45, 2.75) is 73.6 Å². The SMILES string of the molecule is CO[C@@H]1C(O)[C@H](n2cnc3c(=O)[nH]cnc32)O[C@@H]1COP(=O)([O-])O[C@@H]1C(O)[C@H](n2cnc3c(=O)[nH]cnc32)O[C@@H]1COP(=O)([O-])O[C@@H]1C(O)[C@H](n2cnc3c(=O)[nH]cnc32)O[C@@H]1COP(=O)([O-])OC. The third-order valence-electron chi connectivity index (χ3n) is 11.0. The molecule has 9 heterocycles. The van der Waals surface area contributed by atoms with E-state index in [1.807, 2.05) is 0 Å². The van der Waals surface area contributed by atoms with Crippen LogP contribution in [0, 0.1) is 0 Å². The zero-order chi connectivity index (χ0) is 49.2. The third kappa shape index (κ3) is 9.54. The number of aliphatic hydroxyl groups is 3. The van der Waals surface area contributed by atoms with E-state index in [1.165, 1.54) is 11.7 Å². The van der Waals surface area contributed by atoms with Crippen LogP contribution in [-0.2, 0) is 59.8 Å². The van der Waals surface area contributed by atoms with E-state index in [2.05, 4.69) is 49.4 Å². The molecule has 69 heavy (non-hydrogen) atoms. The molecule has 3 saturated heterocycles. The molecular formula is C32H36N12O22P3-3. The number of rotatable bonds is 18. The number of aromatic nitrogens is 12. The molecule has 0 bridgehead atoms. The smallest absolute Gasteiger partial charge is 0.278 e. The number of phosphoric ester groups is 3. The topological polar surface area (TPSA) is 464 Å². The molecule has 37 heteroatoms. The molecule has 15 atom stereocenters. The molecular weight excluding hydrogens is 997 g/mol. The van der Waals surface area contributed by atoms with Gasteiger partial charge in [0.2, 0.25) is 0 Å². The van der Waals surface area contributed by atoms with Crippen molar-refractivity contribution in [2.24, 2.45) is 0 Å². The molecule has 3 aliphatic rings. The molecule has 0 spiro atoms. The number of ether oxygens (including phenoxy) is 4. The maximum atomic E-state index is 13.6. The van der Waals surface area contributed by atoms with Crippen molar-refractivity contribution in [3.05, 3.63) is 69.0 Å². The Morgan fingerprint density at radius 1 is 0.551 bits per heavy atom. The Balaban J connectivity index is 0.936. The first-order valence-electron chi connectivity index (χ1n) is 19.8. The summed E-state index contributed by atoms with van der Waals surface area (Å²) in [6.07, 6.45) is -14.4. The van der Waals surface area contributed by atoms with E-state index in [1.54, 1.807) is 0 Å². The summed E-state index contributed by atoms with van der Waals surface area (Å²) in [4.78, 5) is 107. The minimum atomic E-state index is -5.79. The molecule has 374 valence electrons. The van der Waals surface area contributed by atoms with Gasteiger partial charge in [-0.3, -0.25) is 41.8 Å². The predicted molar refractivity (Wildman–Crippen MR) is 212 cm³/mol. The second-order valence-corrected chi connectivity index (χ2v) is 19.3. The van der Waals surface area contributed by atoms with Gasteiger partial charge in [-0.25, -0.2) is 29.9 Å². The maximum absolute atomic E-state index is 13.6. The van der Waals surface area contributed by atoms with Gasteiger partial charge in [0.15, 0.2) is 52.2 Å². The minimum Gasteiger partial charge on any atom is -0.756 e. The first-order valence-corrected chi connectivity index (χ1v) is 24.2. The lowest BCUT2D eigenvalue weighted by Crippen LogP contribution is -2.39. The van der Waals surface area contributed by atoms with Crippen LogP contribution in [0.25, 0.3) is 33.5 Å². The quantitative estimate of drug-likeness (QED) is 0.0439. The average Bonchev–Trinajstić information content (AvgIpc) is 4.18. The standard InChI is InChI=1S/C32H39N12O22P3/c1-57-21-12(62-30(18(21)45)42-9-39-15-24(42)33-6-36-27(15)48)3-60-68(53,54)66-23-14(64-32(20(23)47)44-11-41-17-26(44)35-8-38-29(17)50)5-61-69(55,56)65-22-13(4-59-67(51,52)58-2)63-31(19(22)46)43-10-40-16-25(43)34-7-37-28(16)49/h6-14,18-23,30-32,45-47H,3-5H2,1-2H3,(H,51,52)(H,53,54)(H,55,56)(H,33,36,48)(H,34,37,49)(H,35,38,50)/p-3/t12-,13-,14-,18?,19?,20?,21+,22+,23+,30-,31-,32-/m1/s1. The van der Waals surface area contributed by atoms with Crippen LogP contribution in [0.3, 0.4) is 0 Å². The van der Waals surface area contributed by atoms with E-state index < -0.39 is 134 Å². The van der Waals surface area contributed by atoms with Crippen molar-refractivity contribution in [1.82, 2.24) is 58.6 Å². The number of methoxy groups -OCH3 is 1. The second kappa shape index (κ2) is 19.0. The number of aromatic amines is 3. The van der Waals surface area contributed by atoms with Crippen molar-refractivity contribution in [1.29, 1.82) is 0 Å². The van der Waals surface area contributed by atoms with Gasteiger partial charge in [-0.05, 0) is 0 Å². The van der Waals surface area contributed by atoms with Gasteiger partial charge in [0.1, 0.15) is 54.9 Å². The van der Waals surface area contributed by atoms with E-state index in [-0.39, 0.29) is 33.5 Å². The van der Waals surface area contributed by atoms with Crippen LogP contribution < -0.4 is 31.4 Å². The largest absolute Gasteiger partial charge is 0.756 e. The number of aliphatic hydroxyl groups excluding tert-OH is 3. The molecule has 0 amide bonds. The monoisotopic (exact) mass is 1030 g/mol. The minimum absolute atomic E-state index is 0.0109. The van der Waals surface area contributed by atoms with Gasteiger partial charge in [0, 0.05) is 14.2 Å². The van der Waals surface area contributed by atoms with Crippen molar-refractivity contribution < 1.29 is 89.8 Å². The van der Waals surface area contributed by atoms with E-state index in [4.69, 9.17) is 41.6 Å². The van der Waals surface area contributed by atoms with Gasteiger partial charge in [0.05, 0.1) is 57.8 Å². The van der Waals surface area contributed by atoms with E-state index in [9.17, 15) is 58.1 Å². The molecule has 6 aromatic heterocycles. The fourth-order valence-electron chi connectivity index (χ4n) is 7.86. The van der Waals surface area contributed by atoms with Crippen LogP contribution >= 0.6 is 23.5 Å². The number of H-pyrrole nitrogens is 3. The Hall–Kier alpha value is -4.90. The van der Waals surface area contributed by atoms with Crippen molar-refractivity contribution >= 4 is 57.0 Å².